The second-order valence-electron chi connectivity index (χ2n) is 6.16. The van der Waals surface area contributed by atoms with Gasteiger partial charge in [-0.3, -0.25) is 4.90 Å². The van der Waals surface area contributed by atoms with E-state index >= 15 is 0 Å². The van der Waals surface area contributed by atoms with E-state index in [4.69, 9.17) is 5.73 Å². The van der Waals surface area contributed by atoms with Crippen molar-refractivity contribution in [3.8, 4) is 0 Å². The minimum Gasteiger partial charge on any atom is -0.329 e. The van der Waals surface area contributed by atoms with Gasteiger partial charge in [0.1, 0.15) is 0 Å². The Morgan fingerprint density at radius 2 is 1.79 bits per heavy atom. The summed E-state index contributed by atoms with van der Waals surface area (Å²) in [5.74, 6) is 0.912. The Balaban J connectivity index is 1.93. The van der Waals surface area contributed by atoms with Crippen LogP contribution in [-0.2, 0) is 6.42 Å². The summed E-state index contributed by atoms with van der Waals surface area (Å²) >= 11 is 0. The van der Waals surface area contributed by atoms with Gasteiger partial charge in [0.15, 0.2) is 0 Å². The molecule has 0 saturated heterocycles. The van der Waals surface area contributed by atoms with Gasteiger partial charge in [-0.2, -0.15) is 0 Å². The summed E-state index contributed by atoms with van der Waals surface area (Å²) in [4.78, 5) is 2.54. The molecule has 1 aliphatic rings. The standard InChI is InChI=1S/C17H28N2/c1-14-8-10-16(11-9-14)19(2)17(13-18)12-15-6-4-3-5-7-15/h3-7,14,16-17H,8-13,18H2,1-2H3. The SMILES string of the molecule is CC1CCC(N(C)C(CN)Cc2ccccc2)CC1. The Morgan fingerprint density at radius 1 is 1.16 bits per heavy atom. The topological polar surface area (TPSA) is 29.3 Å². The van der Waals surface area contributed by atoms with Crippen molar-refractivity contribution in [2.24, 2.45) is 11.7 Å². The van der Waals surface area contributed by atoms with Crippen molar-refractivity contribution in [2.75, 3.05) is 13.6 Å². The molecule has 0 heterocycles. The van der Waals surface area contributed by atoms with Crippen LogP contribution in [0, 0.1) is 5.92 Å². The zero-order valence-electron chi connectivity index (χ0n) is 12.4. The molecule has 0 spiro atoms. The number of hydrogen-bond acceptors (Lipinski definition) is 2. The molecular weight excluding hydrogens is 232 g/mol. The van der Waals surface area contributed by atoms with Gasteiger partial charge in [0.05, 0.1) is 0 Å². The third-order valence-electron chi connectivity index (χ3n) is 4.72. The van der Waals surface area contributed by atoms with E-state index in [1.54, 1.807) is 0 Å². The molecule has 0 amide bonds. The number of nitrogens with two attached hydrogens (primary N) is 1. The first-order valence-electron chi connectivity index (χ1n) is 7.66. The van der Waals surface area contributed by atoms with Crippen molar-refractivity contribution in [1.82, 2.24) is 4.90 Å². The lowest BCUT2D eigenvalue weighted by atomic mass is 9.86. The maximum atomic E-state index is 6.01. The Labute approximate surface area is 118 Å². The van der Waals surface area contributed by atoms with Crippen molar-refractivity contribution >= 4 is 0 Å². The van der Waals surface area contributed by atoms with Crippen molar-refractivity contribution < 1.29 is 0 Å². The largest absolute Gasteiger partial charge is 0.329 e. The van der Waals surface area contributed by atoms with Crippen LogP contribution in [-0.4, -0.2) is 30.6 Å². The molecule has 0 radical (unpaired) electrons. The maximum absolute atomic E-state index is 6.01. The predicted molar refractivity (Wildman–Crippen MR) is 82.2 cm³/mol. The predicted octanol–water partition coefficient (Wildman–Crippen LogP) is 3.07. The summed E-state index contributed by atoms with van der Waals surface area (Å²) in [6.07, 6.45) is 6.49. The number of benzene rings is 1. The van der Waals surface area contributed by atoms with Gasteiger partial charge in [-0.05, 0) is 50.6 Å². The van der Waals surface area contributed by atoms with Crippen LogP contribution >= 0.6 is 0 Å². The van der Waals surface area contributed by atoms with E-state index in [1.807, 2.05) is 0 Å². The molecule has 1 aromatic rings. The van der Waals surface area contributed by atoms with E-state index in [1.165, 1.54) is 31.2 Å². The van der Waals surface area contributed by atoms with Gasteiger partial charge in [-0.1, -0.05) is 37.3 Å². The van der Waals surface area contributed by atoms with E-state index in [0.717, 1.165) is 24.9 Å². The lowest BCUT2D eigenvalue weighted by molar-refractivity contribution is 0.125. The number of likely N-dealkylation sites (N-methyl/N-ethyl adjacent to an activating group) is 1. The zero-order valence-corrected chi connectivity index (χ0v) is 12.4. The summed E-state index contributed by atoms with van der Waals surface area (Å²) in [5.41, 5.74) is 7.41. The van der Waals surface area contributed by atoms with E-state index in [0.29, 0.717) is 6.04 Å². The Hall–Kier alpha value is -0.860. The van der Waals surface area contributed by atoms with Gasteiger partial charge in [0, 0.05) is 18.6 Å². The third kappa shape index (κ3) is 4.05. The van der Waals surface area contributed by atoms with Crippen LogP contribution in [0.25, 0.3) is 0 Å². The Bertz CT molecular complexity index is 355. The number of rotatable bonds is 5. The van der Waals surface area contributed by atoms with Crippen LogP contribution in [0.4, 0.5) is 0 Å². The second-order valence-corrected chi connectivity index (χ2v) is 6.16. The van der Waals surface area contributed by atoms with E-state index in [-0.39, 0.29) is 0 Å². The minimum absolute atomic E-state index is 0.473. The summed E-state index contributed by atoms with van der Waals surface area (Å²) in [5, 5.41) is 0. The average molecular weight is 260 g/mol. The highest BCUT2D eigenvalue weighted by molar-refractivity contribution is 5.16. The monoisotopic (exact) mass is 260 g/mol. The number of nitrogens with zero attached hydrogens (tertiary/aromatic N) is 1. The van der Waals surface area contributed by atoms with Gasteiger partial charge >= 0.3 is 0 Å². The van der Waals surface area contributed by atoms with E-state index < -0.39 is 0 Å². The van der Waals surface area contributed by atoms with Crippen LogP contribution < -0.4 is 5.73 Å². The smallest absolute Gasteiger partial charge is 0.0258 e. The summed E-state index contributed by atoms with van der Waals surface area (Å²) < 4.78 is 0. The van der Waals surface area contributed by atoms with Crippen molar-refractivity contribution in [3.63, 3.8) is 0 Å². The molecule has 1 aromatic carbocycles. The van der Waals surface area contributed by atoms with E-state index in [9.17, 15) is 0 Å². The Kier molecular flexibility index (Phi) is 5.41. The highest BCUT2D eigenvalue weighted by Crippen LogP contribution is 2.27. The lowest BCUT2D eigenvalue weighted by Crippen LogP contribution is -2.46. The second kappa shape index (κ2) is 7.06. The third-order valence-corrected chi connectivity index (χ3v) is 4.72. The maximum Gasteiger partial charge on any atom is 0.0258 e. The van der Waals surface area contributed by atoms with Gasteiger partial charge in [-0.25, -0.2) is 0 Å². The molecule has 2 rings (SSSR count). The molecule has 2 nitrogen and oxygen atoms in total. The Morgan fingerprint density at radius 3 is 2.37 bits per heavy atom. The highest BCUT2D eigenvalue weighted by Gasteiger charge is 2.25. The molecule has 1 unspecified atom stereocenters. The fourth-order valence-corrected chi connectivity index (χ4v) is 3.23. The molecule has 1 aliphatic carbocycles. The van der Waals surface area contributed by atoms with Crippen LogP contribution in [0.3, 0.4) is 0 Å². The summed E-state index contributed by atoms with van der Waals surface area (Å²) in [6.45, 7) is 3.12. The molecule has 2 N–H and O–H groups in total. The summed E-state index contributed by atoms with van der Waals surface area (Å²) in [7, 11) is 2.26. The molecule has 1 fully saturated rings. The average Bonchev–Trinajstić information content (AvgIpc) is 2.46. The lowest BCUT2D eigenvalue weighted by Gasteiger charge is -2.38. The fourth-order valence-electron chi connectivity index (χ4n) is 3.23. The van der Waals surface area contributed by atoms with Crippen molar-refractivity contribution in [2.45, 2.75) is 51.1 Å². The van der Waals surface area contributed by atoms with Gasteiger partial charge < -0.3 is 5.73 Å². The van der Waals surface area contributed by atoms with Crippen LogP contribution in [0.2, 0.25) is 0 Å². The molecule has 0 bridgehead atoms. The molecule has 1 saturated carbocycles. The minimum atomic E-state index is 0.473. The highest BCUT2D eigenvalue weighted by atomic mass is 15.2. The fraction of sp³-hybridized carbons (Fsp3) is 0.647. The van der Waals surface area contributed by atoms with Gasteiger partial charge in [0.2, 0.25) is 0 Å². The first-order chi connectivity index (χ1) is 9.20. The molecule has 0 aliphatic heterocycles. The first kappa shape index (κ1) is 14.5. The molecule has 106 valence electrons. The quantitative estimate of drug-likeness (QED) is 0.881. The van der Waals surface area contributed by atoms with Crippen LogP contribution in [0.5, 0.6) is 0 Å². The van der Waals surface area contributed by atoms with Crippen LogP contribution in [0.1, 0.15) is 38.2 Å². The first-order valence-corrected chi connectivity index (χ1v) is 7.66. The molecular formula is C17H28N2. The normalized spacial score (nSPS) is 25.5. The van der Waals surface area contributed by atoms with Crippen molar-refractivity contribution in [3.05, 3.63) is 35.9 Å². The summed E-state index contributed by atoms with van der Waals surface area (Å²) in [6, 6.07) is 11.9. The number of hydrogen-bond donors (Lipinski definition) is 1. The molecule has 1 atom stereocenters. The van der Waals surface area contributed by atoms with Crippen LogP contribution in [0.15, 0.2) is 30.3 Å². The molecule has 2 heteroatoms. The molecule has 19 heavy (non-hydrogen) atoms. The van der Waals surface area contributed by atoms with E-state index in [2.05, 4.69) is 49.2 Å². The van der Waals surface area contributed by atoms with Gasteiger partial charge in [0.25, 0.3) is 0 Å². The molecule has 0 aromatic heterocycles. The zero-order chi connectivity index (χ0) is 13.7. The van der Waals surface area contributed by atoms with Gasteiger partial charge in [-0.15, -0.1) is 0 Å². The van der Waals surface area contributed by atoms with Crippen molar-refractivity contribution in [1.29, 1.82) is 0 Å².